The molecule has 768 valence electrons. The van der Waals surface area contributed by atoms with Gasteiger partial charge in [-0.05, 0) is 42.5 Å². The van der Waals surface area contributed by atoms with Crippen molar-refractivity contribution >= 4 is 40.7 Å². The van der Waals surface area contributed by atoms with Gasteiger partial charge in [-0.1, -0.05) is 41.4 Å². The van der Waals surface area contributed by atoms with Crippen LogP contribution in [0.1, 0.15) is 43.6 Å². The molecule has 0 saturated carbocycles. The van der Waals surface area contributed by atoms with Crippen molar-refractivity contribution in [1.82, 2.24) is 66.9 Å². The number of aliphatic hydroxyl groups excluding tert-OH is 10. The summed E-state index contributed by atoms with van der Waals surface area (Å²) in [4.78, 5) is 108. The molecule has 7 saturated heterocycles. The zero-order valence-corrected chi connectivity index (χ0v) is 88.9. The number of methoxy groups -OCH3 is 4. The molecule has 0 amide bonds. The second-order valence-corrected chi connectivity index (χ2v) is 30.6. The van der Waals surface area contributed by atoms with Gasteiger partial charge in [0.25, 0.3) is 0 Å². The quantitative estimate of drug-likeness (QED) is 0.0297. The first-order chi connectivity index (χ1) is 66.3. The normalized spacial score (nSPS) is 32.0. The van der Waals surface area contributed by atoms with Crippen molar-refractivity contribution in [3.05, 3.63) is 159 Å². The van der Waals surface area contributed by atoms with Crippen molar-refractivity contribution in [2.24, 2.45) is 0 Å². The van der Waals surface area contributed by atoms with Crippen LogP contribution in [0.2, 0.25) is 0 Å². The van der Waals surface area contributed by atoms with E-state index in [1.807, 2.05) is 17.8 Å². The molecular weight excluding hydrogens is 2220 g/mol. The Hall–Kier alpha value is -9.02. The van der Waals surface area contributed by atoms with E-state index in [0.29, 0.717) is 17.5 Å². The first-order valence-corrected chi connectivity index (χ1v) is 40.9. The number of anilines is 7. The number of nitrogens with one attached hydrogen (secondary N) is 3. The van der Waals surface area contributed by atoms with Gasteiger partial charge in [0.05, 0.1) is 46.2 Å². The van der Waals surface area contributed by atoms with E-state index in [4.69, 9.17) is 135 Å². The average molecular weight is 2320 g/mol. The predicted octanol–water partition coefficient (Wildman–Crippen LogP) is -13.9. The van der Waals surface area contributed by atoms with Crippen LogP contribution in [-0.2, 0) is 183 Å². The zero-order chi connectivity index (χ0) is 104. The van der Waals surface area contributed by atoms with Crippen LogP contribution in [0.4, 0.5) is 40.7 Å². The van der Waals surface area contributed by atoms with Crippen LogP contribution in [0, 0.1) is 86.4 Å². The van der Waals surface area contributed by atoms with Crippen molar-refractivity contribution in [2.45, 2.75) is 168 Å². The summed E-state index contributed by atoms with van der Waals surface area (Å²) in [7, 11) is 10.2. The molecule has 56 nitrogen and oxygen atoms in total. The van der Waals surface area contributed by atoms with E-state index in [1.54, 1.807) is 33.3 Å². The maximum absolute atomic E-state index is 12.0. The molecule has 14 heterocycles. The van der Waals surface area contributed by atoms with Crippen LogP contribution in [-0.4, -0.2) is 374 Å². The number of hydrogen-bond donors (Lipinski definition) is 24. The molecular formula is C84H105N21O35Y4. The summed E-state index contributed by atoms with van der Waals surface area (Å²) in [5.41, 5.74) is 3.16. The molecule has 28 N–H and O–H groups in total. The molecule has 60 heteroatoms. The summed E-state index contributed by atoms with van der Waals surface area (Å²) in [6, 6.07) is 10.1. The number of rotatable bonds is 21. The van der Waals surface area contributed by atoms with E-state index in [1.165, 1.54) is 102 Å². The number of nitrogen functional groups attached to an aromatic ring is 4. The molecule has 7 aromatic heterocycles. The van der Waals surface area contributed by atoms with Crippen LogP contribution in [0.25, 0.3) is 0 Å². The number of terminal acetylenes is 7. The summed E-state index contributed by atoms with van der Waals surface area (Å²) >= 11 is 0. The van der Waals surface area contributed by atoms with Crippen molar-refractivity contribution in [3.63, 3.8) is 0 Å². The summed E-state index contributed by atoms with van der Waals surface area (Å²) in [6.07, 6.45) is 21.8. The third kappa shape index (κ3) is 25.9. The topological polar surface area (TPSA) is 830 Å². The third-order valence-corrected chi connectivity index (χ3v) is 22.9. The van der Waals surface area contributed by atoms with Gasteiger partial charge in [0.2, 0.25) is 0 Å². The minimum absolute atomic E-state index is 0. The minimum Gasteiger partial charge on any atom is -0.394 e. The molecule has 0 bridgehead atoms. The monoisotopic (exact) mass is 2320 g/mol. The van der Waals surface area contributed by atoms with E-state index in [2.05, 4.69) is 74.5 Å². The first-order valence-electron chi connectivity index (χ1n) is 40.9. The molecule has 28 atom stereocenters. The number of ether oxygens (including phenoxy) is 11. The van der Waals surface area contributed by atoms with Gasteiger partial charge in [-0.2, -0.15) is 34.9 Å². The third-order valence-electron chi connectivity index (χ3n) is 22.9. The fraction of sp³-hybridized carbons (Fsp3) is 0.500. The molecule has 7 aliphatic rings. The molecule has 144 heavy (non-hydrogen) atoms. The van der Waals surface area contributed by atoms with Crippen LogP contribution in [0.5, 0.6) is 0 Å². The zero-order valence-electron chi connectivity index (χ0n) is 77.5. The number of aromatic nitrogens is 14. The Morgan fingerprint density at radius 2 is 0.438 bits per heavy atom. The second kappa shape index (κ2) is 54.8. The Balaban J connectivity index is 0.000000349. The number of nitrogens with two attached hydrogens (primary N) is 4. The molecule has 0 unspecified atom stereocenters. The molecule has 4 radical (unpaired) electrons. The fourth-order valence-corrected chi connectivity index (χ4v) is 15.1. The molecule has 0 aromatic carbocycles. The van der Waals surface area contributed by atoms with Crippen LogP contribution in [0.15, 0.2) is 119 Å². The van der Waals surface area contributed by atoms with Gasteiger partial charge in [-0.3, -0.25) is 32.0 Å². The summed E-state index contributed by atoms with van der Waals surface area (Å²) in [5, 5.41) is 175. The van der Waals surface area contributed by atoms with E-state index in [0.717, 1.165) is 32.0 Å². The summed E-state index contributed by atoms with van der Waals surface area (Å²) < 4.78 is 65.7. The Morgan fingerprint density at radius 1 is 0.292 bits per heavy atom. The first kappa shape index (κ1) is 127. The number of hydrogen-bond acceptors (Lipinski definition) is 49. The van der Waals surface area contributed by atoms with Crippen molar-refractivity contribution < 1.29 is 270 Å². The molecule has 0 aliphatic carbocycles. The second-order valence-electron chi connectivity index (χ2n) is 30.6. The predicted molar refractivity (Wildman–Crippen MR) is 480 cm³/mol. The average Bonchev–Trinajstić information content (AvgIpc) is 1.64. The van der Waals surface area contributed by atoms with E-state index in [-0.39, 0.29) is 154 Å². The number of aliphatic hydroxyl groups is 17. The maximum Gasteiger partial charge on any atom is 0.351 e. The van der Waals surface area contributed by atoms with Crippen LogP contribution < -0.4 is 78.7 Å². The smallest absolute Gasteiger partial charge is 0.351 e. The minimum atomic E-state index is -2.08. The van der Waals surface area contributed by atoms with Gasteiger partial charge in [0.15, 0.2) is 82.8 Å². The van der Waals surface area contributed by atoms with E-state index >= 15 is 0 Å². The molecule has 7 aliphatic heterocycles. The summed E-state index contributed by atoms with van der Waals surface area (Å²) in [5.74, 6) is 15.9. The van der Waals surface area contributed by atoms with Gasteiger partial charge in [0.1, 0.15) is 126 Å². The Labute approximate surface area is 917 Å². The van der Waals surface area contributed by atoms with Crippen molar-refractivity contribution in [1.29, 1.82) is 0 Å². The van der Waals surface area contributed by atoms with Gasteiger partial charge in [-0.15, -0.1) is 45.0 Å². The van der Waals surface area contributed by atoms with Gasteiger partial charge in [-0.25, -0.2) is 33.6 Å². The Morgan fingerprint density at radius 3 is 0.569 bits per heavy atom. The Kier molecular flexibility index (Phi) is 48.4. The molecule has 7 aromatic rings. The standard InChI is InChI=1S/2C13H17N3O5.3C12H15N3O5.2C11H13N3O5.4Y/c2*1-4-13(19)8(7-17)21-11(10(13)20-3)16-6-5-9(14-2)15-12(16)18;2*1-3-12(18)7(6-16)20-10(9(12)19-2)15-5-4-8(13)14-11(15)17;1-3-12(19)7(6-16)20-10(9(12)17)15-5-4-8(13-2)14-11(15)18;2*1-2-11(18)6(5-15)19-9(8(11)16)14-4-3-7(12)13-10(14)17;;;;/h2*1,5-6,8,10-11,17,19H,7H2,2-3H3,(H,14,15,18);2*1,4-5,7,9-10,16,18H,6H2,2H3,(H2,13,14,17);1,4-5,7,9-10,16-17,19H,6H2,2H3,(H,13,14,18);2*1,3-4,6,8-9,15-16,18H,5H2,(H2,12,13,17);;;;/t2*8-,10+,11-,13-;3*7-,9+,10-,12-;2*6-,8+,9-,11-;;;;/m1111111..../s1. The Bertz CT molecular complexity index is 5950. The van der Waals surface area contributed by atoms with Gasteiger partial charge < -0.3 is 178 Å². The largest absolute Gasteiger partial charge is 0.394 e. The molecule has 14 rings (SSSR count). The van der Waals surface area contributed by atoms with Crippen LogP contribution in [0.3, 0.4) is 0 Å². The molecule has 7 fully saturated rings. The summed E-state index contributed by atoms with van der Waals surface area (Å²) in [6.45, 7) is -3.86. The van der Waals surface area contributed by atoms with Gasteiger partial charge in [0, 0.05) is 224 Å². The maximum atomic E-state index is 12.0. The fourth-order valence-electron chi connectivity index (χ4n) is 15.1. The SMILES string of the molecule is C#C[C@@]1(O)[C@@H](CO)O[C@@H](n2ccc(N)nc2=O)[C@@H]1O.C#C[C@@]1(O)[C@@H](CO)O[C@@H](n2ccc(N)nc2=O)[C@@H]1O.C#C[C@@]1(O)[C@@H](CO)O[C@@H](n2ccc(N)nc2=O)[C@@H]1OC.C#C[C@@]1(O)[C@@H](CO)O[C@@H](n2ccc(N)nc2=O)[C@@H]1OC.C#C[C@@]1(O)[C@@H](CO)O[C@@H](n2ccc(NC)nc2=O)[C@@H]1O.C#C[C@@]1(O)[C@@H](CO)O[C@@H](n2ccc(NC)nc2=O)[C@@H]1OC.C#C[C@@]1(O)[C@@H](CO)O[C@@H](n2ccc(NC)nc2=O)[C@@H]1OC.[Y].[Y].[Y].[Y]. The van der Waals surface area contributed by atoms with Crippen molar-refractivity contribution in [3.8, 4) is 86.4 Å². The molecule has 0 spiro atoms. The van der Waals surface area contributed by atoms with E-state index in [9.17, 15) is 105 Å². The number of nitrogens with zero attached hydrogens (tertiary/aromatic N) is 14. The van der Waals surface area contributed by atoms with E-state index < -0.39 is 254 Å². The van der Waals surface area contributed by atoms with Crippen LogP contribution >= 0.6 is 0 Å². The van der Waals surface area contributed by atoms with Gasteiger partial charge >= 0.3 is 39.8 Å². The van der Waals surface area contributed by atoms with Crippen molar-refractivity contribution in [2.75, 3.05) is 135 Å².